The second kappa shape index (κ2) is 6.75. The van der Waals surface area contributed by atoms with Crippen LogP contribution in [0.5, 0.6) is 5.75 Å². The molecule has 1 aliphatic heterocycles. The fourth-order valence-corrected chi connectivity index (χ4v) is 2.44. The highest BCUT2D eigenvalue weighted by molar-refractivity contribution is 5.79. The highest BCUT2D eigenvalue weighted by atomic mass is 16.5. The predicted molar refractivity (Wildman–Crippen MR) is 78.2 cm³/mol. The average molecular weight is 277 g/mol. The predicted octanol–water partition coefficient (Wildman–Crippen LogP) is 2.22. The van der Waals surface area contributed by atoms with E-state index in [1.165, 1.54) is 0 Å². The summed E-state index contributed by atoms with van der Waals surface area (Å²) in [6.07, 6.45) is 0.448. The highest BCUT2D eigenvalue weighted by Crippen LogP contribution is 2.27. The van der Waals surface area contributed by atoms with Crippen LogP contribution in [0.25, 0.3) is 0 Å². The lowest BCUT2D eigenvalue weighted by molar-refractivity contribution is -0.134. The largest absolute Gasteiger partial charge is 0.496 e. The third-order valence-corrected chi connectivity index (χ3v) is 3.64. The van der Waals surface area contributed by atoms with Gasteiger partial charge < -0.3 is 14.4 Å². The minimum atomic E-state index is 0.174. The van der Waals surface area contributed by atoms with E-state index in [0.29, 0.717) is 38.6 Å². The average Bonchev–Trinajstić information content (AvgIpc) is 2.48. The van der Waals surface area contributed by atoms with Gasteiger partial charge >= 0.3 is 0 Å². The Bertz CT molecular complexity index is 465. The zero-order valence-corrected chi connectivity index (χ0v) is 12.5. The Balaban J connectivity index is 2.08. The van der Waals surface area contributed by atoms with Crippen molar-refractivity contribution in [1.29, 1.82) is 0 Å². The van der Waals surface area contributed by atoms with Crippen molar-refractivity contribution in [3.8, 4) is 5.75 Å². The van der Waals surface area contributed by atoms with Crippen molar-refractivity contribution in [2.75, 3.05) is 33.4 Å². The van der Waals surface area contributed by atoms with Gasteiger partial charge in [-0.25, -0.2) is 0 Å². The van der Waals surface area contributed by atoms with E-state index in [1.807, 2.05) is 17.0 Å². The zero-order valence-electron chi connectivity index (χ0n) is 12.5. The topological polar surface area (TPSA) is 38.8 Å². The van der Waals surface area contributed by atoms with E-state index in [4.69, 9.17) is 9.47 Å². The van der Waals surface area contributed by atoms with Gasteiger partial charge in [0.15, 0.2) is 0 Å². The van der Waals surface area contributed by atoms with E-state index in [2.05, 4.69) is 19.9 Å². The number of rotatable bonds is 4. The molecule has 4 nitrogen and oxygen atoms in total. The molecule has 0 unspecified atom stereocenters. The van der Waals surface area contributed by atoms with Gasteiger partial charge in [-0.15, -0.1) is 0 Å². The molecule has 20 heavy (non-hydrogen) atoms. The molecule has 0 atom stereocenters. The van der Waals surface area contributed by atoms with E-state index < -0.39 is 0 Å². The minimum absolute atomic E-state index is 0.174. The van der Waals surface area contributed by atoms with Gasteiger partial charge in [-0.1, -0.05) is 26.0 Å². The molecule has 1 heterocycles. The number of hydrogen-bond acceptors (Lipinski definition) is 3. The summed E-state index contributed by atoms with van der Waals surface area (Å²) < 4.78 is 10.6. The molecule has 1 amide bonds. The molecule has 1 aliphatic rings. The number of ether oxygens (including phenoxy) is 2. The van der Waals surface area contributed by atoms with Crippen molar-refractivity contribution in [1.82, 2.24) is 4.90 Å². The van der Waals surface area contributed by atoms with Gasteiger partial charge in [-0.3, -0.25) is 4.79 Å². The summed E-state index contributed by atoms with van der Waals surface area (Å²) in [5.74, 6) is 1.44. The Morgan fingerprint density at radius 3 is 2.65 bits per heavy atom. The Morgan fingerprint density at radius 2 is 2.05 bits per heavy atom. The quantitative estimate of drug-likeness (QED) is 0.847. The molecule has 0 radical (unpaired) electrons. The molecular formula is C16H23NO3. The second-order valence-electron chi connectivity index (χ2n) is 5.40. The van der Waals surface area contributed by atoms with Crippen molar-refractivity contribution in [3.63, 3.8) is 0 Å². The van der Waals surface area contributed by atoms with Crippen LogP contribution >= 0.6 is 0 Å². The van der Waals surface area contributed by atoms with E-state index in [0.717, 1.165) is 16.9 Å². The number of benzene rings is 1. The van der Waals surface area contributed by atoms with Gasteiger partial charge in [-0.2, -0.15) is 0 Å². The smallest absolute Gasteiger partial charge is 0.227 e. The maximum atomic E-state index is 12.2. The third kappa shape index (κ3) is 3.51. The van der Waals surface area contributed by atoms with Crippen LogP contribution in [0.15, 0.2) is 18.2 Å². The molecule has 1 saturated heterocycles. The Kier molecular flexibility index (Phi) is 5.01. The normalized spacial score (nSPS) is 15.5. The first-order valence-electron chi connectivity index (χ1n) is 7.14. The maximum absolute atomic E-state index is 12.2. The van der Waals surface area contributed by atoms with Crippen LogP contribution in [0.2, 0.25) is 0 Å². The van der Waals surface area contributed by atoms with Crippen molar-refractivity contribution in [2.45, 2.75) is 26.2 Å². The number of morpholine rings is 1. The maximum Gasteiger partial charge on any atom is 0.227 e. The summed E-state index contributed by atoms with van der Waals surface area (Å²) in [5.41, 5.74) is 2.20. The molecule has 0 saturated carbocycles. The van der Waals surface area contributed by atoms with Crippen LogP contribution in [-0.4, -0.2) is 44.2 Å². The first kappa shape index (κ1) is 14.9. The number of hydrogen-bond donors (Lipinski definition) is 0. The first-order chi connectivity index (χ1) is 9.61. The molecule has 2 rings (SSSR count). The Morgan fingerprint density at radius 1 is 1.35 bits per heavy atom. The monoisotopic (exact) mass is 277 g/mol. The third-order valence-electron chi connectivity index (χ3n) is 3.64. The number of amides is 1. The lowest BCUT2D eigenvalue weighted by Crippen LogP contribution is -2.41. The molecule has 1 aromatic rings. The molecule has 0 aliphatic carbocycles. The Hall–Kier alpha value is -1.55. The van der Waals surface area contributed by atoms with Gasteiger partial charge in [0.2, 0.25) is 5.91 Å². The van der Waals surface area contributed by atoms with Crippen molar-refractivity contribution >= 4 is 5.91 Å². The van der Waals surface area contributed by atoms with Crippen LogP contribution in [0.1, 0.15) is 30.9 Å². The summed E-state index contributed by atoms with van der Waals surface area (Å²) in [6.45, 7) is 6.95. The Labute approximate surface area is 120 Å². The number of carbonyl (C=O) groups excluding carboxylic acids is 1. The molecule has 0 N–H and O–H groups in total. The van der Waals surface area contributed by atoms with E-state index in [9.17, 15) is 4.79 Å². The van der Waals surface area contributed by atoms with Crippen LogP contribution in [-0.2, 0) is 16.0 Å². The first-order valence-corrected chi connectivity index (χ1v) is 7.14. The van der Waals surface area contributed by atoms with Crippen LogP contribution in [0, 0.1) is 0 Å². The zero-order chi connectivity index (χ0) is 14.5. The van der Waals surface area contributed by atoms with Gasteiger partial charge in [0.05, 0.1) is 26.7 Å². The summed E-state index contributed by atoms with van der Waals surface area (Å²) in [7, 11) is 1.68. The van der Waals surface area contributed by atoms with E-state index >= 15 is 0 Å². The molecule has 4 heteroatoms. The van der Waals surface area contributed by atoms with Gasteiger partial charge in [0.25, 0.3) is 0 Å². The molecular weight excluding hydrogens is 254 g/mol. The molecule has 1 aromatic carbocycles. The summed E-state index contributed by atoms with van der Waals surface area (Å²) in [6, 6.07) is 6.02. The molecule has 0 aromatic heterocycles. The molecule has 110 valence electrons. The van der Waals surface area contributed by atoms with Gasteiger partial charge in [0, 0.05) is 13.1 Å². The fraction of sp³-hybridized carbons (Fsp3) is 0.562. The second-order valence-corrected chi connectivity index (χ2v) is 5.40. The van der Waals surface area contributed by atoms with Crippen molar-refractivity contribution in [2.24, 2.45) is 0 Å². The van der Waals surface area contributed by atoms with Crippen molar-refractivity contribution in [3.05, 3.63) is 29.3 Å². The lowest BCUT2D eigenvalue weighted by atomic mass is 9.98. The summed E-state index contributed by atoms with van der Waals surface area (Å²) in [4.78, 5) is 14.1. The number of carbonyl (C=O) groups is 1. The summed E-state index contributed by atoms with van der Waals surface area (Å²) in [5, 5.41) is 0. The number of methoxy groups -OCH3 is 1. The fourth-order valence-electron chi connectivity index (χ4n) is 2.44. The number of nitrogens with zero attached hydrogens (tertiary/aromatic N) is 1. The van der Waals surface area contributed by atoms with E-state index in [1.54, 1.807) is 7.11 Å². The van der Waals surface area contributed by atoms with E-state index in [-0.39, 0.29) is 5.91 Å². The van der Waals surface area contributed by atoms with Crippen LogP contribution in [0.4, 0.5) is 0 Å². The van der Waals surface area contributed by atoms with Crippen LogP contribution < -0.4 is 4.74 Å². The highest BCUT2D eigenvalue weighted by Gasteiger charge is 2.18. The lowest BCUT2D eigenvalue weighted by Gasteiger charge is -2.27. The summed E-state index contributed by atoms with van der Waals surface area (Å²) >= 11 is 0. The minimum Gasteiger partial charge on any atom is -0.496 e. The molecule has 0 bridgehead atoms. The van der Waals surface area contributed by atoms with Gasteiger partial charge in [0.1, 0.15) is 5.75 Å². The SMILES string of the molecule is COc1ccc(CC(=O)N2CCOCC2)cc1C(C)C. The van der Waals surface area contributed by atoms with Gasteiger partial charge in [-0.05, 0) is 23.1 Å². The molecule has 0 spiro atoms. The van der Waals surface area contributed by atoms with Crippen LogP contribution in [0.3, 0.4) is 0 Å². The van der Waals surface area contributed by atoms with Crippen molar-refractivity contribution < 1.29 is 14.3 Å². The molecule has 1 fully saturated rings. The standard InChI is InChI=1S/C16H23NO3/c1-12(2)14-10-13(4-5-15(14)19-3)11-16(18)17-6-8-20-9-7-17/h4-5,10,12H,6-9,11H2,1-3H3.